The first kappa shape index (κ1) is 25.2. The SMILES string of the molecule is CCOc1cc(/C=C(\C#N)C(=O)Nc2ccc(Cl)c(Cl)c2)ccc1OCc1cc(C)cc(C)c1. The monoisotopic (exact) mass is 494 g/mol. The zero-order valence-electron chi connectivity index (χ0n) is 19.1. The van der Waals surface area contributed by atoms with E-state index in [4.69, 9.17) is 32.7 Å². The summed E-state index contributed by atoms with van der Waals surface area (Å²) in [6.45, 7) is 6.81. The van der Waals surface area contributed by atoms with Crippen LogP contribution in [0.3, 0.4) is 0 Å². The Balaban J connectivity index is 1.79. The van der Waals surface area contributed by atoms with Gasteiger partial charge in [0, 0.05) is 5.69 Å². The van der Waals surface area contributed by atoms with Crippen LogP contribution >= 0.6 is 23.2 Å². The number of nitrogens with one attached hydrogen (secondary N) is 1. The highest BCUT2D eigenvalue weighted by Crippen LogP contribution is 2.31. The maximum atomic E-state index is 12.6. The Labute approximate surface area is 209 Å². The van der Waals surface area contributed by atoms with Gasteiger partial charge in [0.05, 0.1) is 16.7 Å². The minimum absolute atomic E-state index is 0.0718. The maximum absolute atomic E-state index is 12.6. The Bertz CT molecular complexity index is 1260. The van der Waals surface area contributed by atoms with E-state index < -0.39 is 5.91 Å². The van der Waals surface area contributed by atoms with E-state index in [9.17, 15) is 10.1 Å². The van der Waals surface area contributed by atoms with Gasteiger partial charge in [-0.2, -0.15) is 5.26 Å². The third kappa shape index (κ3) is 6.77. The van der Waals surface area contributed by atoms with Crippen molar-refractivity contribution < 1.29 is 14.3 Å². The van der Waals surface area contributed by atoms with Gasteiger partial charge >= 0.3 is 0 Å². The van der Waals surface area contributed by atoms with Crippen LogP contribution in [-0.4, -0.2) is 12.5 Å². The summed E-state index contributed by atoms with van der Waals surface area (Å²) in [5.41, 5.74) is 4.40. The molecule has 1 amide bonds. The zero-order valence-corrected chi connectivity index (χ0v) is 20.6. The predicted octanol–water partition coefficient (Wildman–Crippen LogP) is 7.13. The molecular weight excluding hydrogens is 471 g/mol. The first-order valence-electron chi connectivity index (χ1n) is 10.6. The van der Waals surface area contributed by atoms with Gasteiger partial charge < -0.3 is 14.8 Å². The highest BCUT2D eigenvalue weighted by atomic mass is 35.5. The van der Waals surface area contributed by atoms with Crippen LogP contribution in [-0.2, 0) is 11.4 Å². The van der Waals surface area contributed by atoms with E-state index in [2.05, 4.69) is 23.5 Å². The van der Waals surface area contributed by atoms with Gasteiger partial charge in [0.25, 0.3) is 5.91 Å². The molecule has 34 heavy (non-hydrogen) atoms. The Morgan fingerprint density at radius 3 is 2.35 bits per heavy atom. The molecule has 3 aromatic rings. The molecule has 0 fully saturated rings. The van der Waals surface area contributed by atoms with E-state index in [-0.39, 0.29) is 5.57 Å². The number of halogens is 2. The fourth-order valence-corrected chi connectivity index (χ4v) is 3.70. The highest BCUT2D eigenvalue weighted by Gasteiger charge is 2.12. The lowest BCUT2D eigenvalue weighted by Gasteiger charge is -2.13. The number of carbonyl (C=O) groups excluding carboxylic acids is 1. The summed E-state index contributed by atoms with van der Waals surface area (Å²) in [6, 6.07) is 18.2. The lowest BCUT2D eigenvalue weighted by atomic mass is 10.1. The molecule has 5 nitrogen and oxygen atoms in total. The fraction of sp³-hybridized carbons (Fsp3) is 0.185. The largest absolute Gasteiger partial charge is 0.490 e. The molecule has 0 saturated heterocycles. The molecular formula is C27H24Cl2N2O3. The van der Waals surface area contributed by atoms with Crippen molar-refractivity contribution in [1.29, 1.82) is 5.26 Å². The number of ether oxygens (including phenoxy) is 2. The summed E-state index contributed by atoms with van der Waals surface area (Å²) >= 11 is 11.9. The van der Waals surface area contributed by atoms with Crippen molar-refractivity contribution in [1.82, 2.24) is 0 Å². The predicted molar refractivity (Wildman–Crippen MR) is 137 cm³/mol. The molecule has 7 heteroatoms. The van der Waals surface area contributed by atoms with Gasteiger partial charge in [-0.05, 0) is 68.3 Å². The van der Waals surface area contributed by atoms with Crippen molar-refractivity contribution in [3.8, 4) is 17.6 Å². The topological polar surface area (TPSA) is 71.3 Å². The number of benzene rings is 3. The average molecular weight is 495 g/mol. The average Bonchev–Trinajstić information content (AvgIpc) is 2.79. The van der Waals surface area contributed by atoms with Gasteiger partial charge in [0.15, 0.2) is 11.5 Å². The molecule has 0 aromatic heterocycles. The zero-order chi connectivity index (χ0) is 24.7. The van der Waals surface area contributed by atoms with Gasteiger partial charge in [-0.25, -0.2) is 0 Å². The molecule has 3 aromatic carbocycles. The Morgan fingerprint density at radius 1 is 0.971 bits per heavy atom. The number of anilines is 1. The summed E-state index contributed by atoms with van der Waals surface area (Å²) in [4.78, 5) is 12.6. The molecule has 0 radical (unpaired) electrons. The van der Waals surface area contributed by atoms with Gasteiger partial charge in [-0.15, -0.1) is 0 Å². The fourth-order valence-electron chi connectivity index (χ4n) is 3.40. The van der Waals surface area contributed by atoms with Crippen molar-refractivity contribution in [2.24, 2.45) is 0 Å². The minimum Gasteiger partial charge on any atom is -0.490 e. The minimum atomic E-state index is -0.561. The van der Waals surface area contributed by atoms with Crippen molar-refractivity contribution in [3.63, 3.8) is 0 Å². The normalized spacial score (nSPS) is 11.0. The second kappa shape index (κ2) is 11.6. The molecule has 0 heterocycles. The molecule has 1 N–H and O–H groups in total. The quantitative estimate of drug-likeness (QED) is 0.267. The first-order chi connectivity index (χ1) is 16.3. The standard InChI is InChI=1S/C27H24Cl2N2O3/c1-4-33-26-13-19(5-8-25(26)34-16-20-10-17(2)9-18(3)11-20)12-21(15-30)27(32)31-22-6-7-23(28)24(29)14-22/h5-14H,4,16H2,1-3H3,(H,31,32)/b21-12+. The summed E-state index contributed by atoms with van der Waals surface area (Å²) in [5, 5.41) is 12.9. The number of aryl methyl sites for hydroxylation is 2. The Kier molecular flexibility index (Phi) is 8.59. The van der Waals surface area contributed by atoms with Crippen molar-refractivity contribution >= 4 is 40.9 Å². The third-order valence-corrected chi connectivity index (χ3v) is 5.54. The van der Waals surface area contributed by atoms with E-state index >= 15 is 0 Å². The van der Waals surface area contributed by atoms with Crippen molar-refractivity contribution in [2.45, 2.75) is 27.4 Å². The maximum Gasteiger partial charge on any atom is 0.266 e. The molecule has 0 spiro atoms. The molecule has 0 atom stereocenters. The van der Waals surface area contributed by atoms with Gasteiger partial charge in [0.1, 0.15) is 18.2 Å². The van der Waals surface area contributed by atoms with Crippen LogP contribution in [0.4, 0.5) is 5.69 Å². The number of hydrogen-bond donors (Lipinski definition) is 1. The second-order valence-corrected chi connectivity index (χ2v) is 8.49. The van der Waals surface area contributed by atoms with E-state index in [0.717, 1.165) is 5.56 Å². The number of nitrogens with zero attached hydrogens (tertiary/aromatic N) is 1. The number of nitriles is 1. The van der Waals surface area contributed by atoms with Crippen LogP contribution in [0.1, 0.15) is 29.2 Å². The van der Waals surface area contributed by atoms with Crippen LogP contribution in [0.15, 0.2) is 60.2 Å². The van der Waals surface area contributed by atoms with Gasteiger partial charge in [0.2, 0.25) is 0 Å². The van der Waals surface area contributed by atoms with Crippen LogP contribution in [0.2, 0.25) is 10.0 Å². The lowest BCUT2D eigenvalue weighted by Crippen LogP contribution is -2.13. The number of rotatable bonds is 8. The molecule has 0 bridgehead atoms. The summed E-state index contributed by atoms with van der Waals surface area (Å²) in [6.07, 6.45) is 1.49. The second-order valence-electron chi connectivity index (χ2n) is 7.68. The van der Waals surface area contributed by atoms with Crippen molar-refractivity contribution in [3.05, 3.63) is 92.5 Å². The van der Waals surface area contributed by atoms with E-state index in [1.807, 2.05) is 26.8 Å². The highest BCUT2D eigenvalue weighted by molar-refractivity contribution is 6.42. The lowest BCUT2D eigenvalue weighted by molar-refractivity contribution is -0.112. The van der Waals surface area contributed by atoms with Crippen LogP contribution in [0.5, 0.6) is 11.5 Å². The van der Waals surface area contributed by atoms with E-state index in [1.165, 1.54) is 23.3 Å². The van der Waals surface area contributed by atoms with Gasteiger partial charge in [-0.3, -0.25) is 4.79 Å². The van der Waals surface area contributed by atoms with E-state index in [0.29, 0.717) is 46.0 Å². The molecule has 0 aliphatic rings. The summed E-state index contributed by atoms with van der Waals surface area (Å²) in [7, 11) is 0. The van der Waals surface area contributed by atoms with Crippen LogP contribution in [0, 0.1) is 25.2 Å². The Morgan fingerprint density at radius 2 is 1.71 bits per heavy atom. The van der Waals surface area contributed by atoms with Crippen LogP contribution in [0.25, 0.3) is 6.08 Å². The summed E-state index contributed by atoms with van der Waals surface area (Å²) < 4.78 is 11.8. The number of amides is 1. The smallest absolute Gasteiger partial charge is 0.266 e. The molecule has 174 valence electrons. The molecule has 0 aliphatic heterocycles. The number of carbonyl (C=O) groups is 1. The number of hydrogen-bond acceptors (Lipinski definition) is 4. The van der Waals surface area contributed by atoms with Crippen molar-refractivity contribution in [2.75, 3.05) is 11.9 Å². The molecule has 0 saturated carbocycles. The summed E-state index contributed by atoms with van der Waals surface area (Å²) in [5.74, 6) is 0.550. The molecule has 0 unspecified atom stereocenters. The Hall–Kier alpha value is -3.46. The van der Waals surface area contributed by atoms with E-state index in [1.54, 1.807) is 30.3 Å². The molecule has 0 aliphatic carbocycles. The third-order valence-electron chi connectivity index (χ3n) is 4.80. The first-order valence-corrected chi connectivity index (χ1v) is 11.4. The van der Waals surface area contributed by atoms with Gasteiger partial charge in [-0.1, -0.05) is 58.6 Å². The van der Waals surface area contributed by atoms with Crippen LogP contribution < -0.4 is 14.8 Å². The molecule has 3 rings (SSSR count).